The molecule has 0 saturated carbocycles. The lowest BCUT2D eigenvalue weighted by molar-refractivity contribution is 0.590. The molecule has 0 aliphatic carbocycles. The van der Waals surface area contributed by atoms with Crippen molar-refractivity contribution >= 4 is 37.6 Å². The van der Waals surface area contributed by atoms with Gasteiger partial charge in [0.25, 0.3) is 5.56 Å². The molecule has 11 heteroatoms. The molecule has 0 bridgehead atoms. The number of aliphatic imine (C=N–C) groups is 1. The van der Waals surface area contributed by atoms with Crippen LogP contribution in [0.5, 0.6) is 0 Å². The SMILES string of the molecule is CCc1ccccc1N=Cc1c(C)[nH]n(-c2ccc(N(S(C)(=O)=O)S(C)(=O)=O)cc2)c1=O. The van der Waals surface area contributed by atoms with Crippen LogP contribution in [0.25, 0.3) is 5.69 Å². The van der Waals surface area contributed by atoms with Crippen LogP contribution in [0.2, 0.25) is 0 Å². The predicted molar refractivity (Wildman–Crippen MR) is 126 cm³/mol. The van der Waals surface area contributed by atoms with Crippen LogP contribution in [0.1, 0.15) is 23.7 Å². The van der Waals surface area contributed by atoms with Crippen molar-refractivity contribution in [2.75, 3.05) is 16.2 Å². The molecule has 3 aromatic rings. The van der Waals surface area contributed by atoms with E-state index >= 15 is 0 Å². The van der Waals surface area contributed by atoms with Crippen molar-refractivity contribution in [1.29, 1.82) is 0 Å². The highest BCUT2D eigenvalue weighted by atomic mass is 32.3. The Hall–Kier alpha value is -3.18. The lowest BCUT2D eigenvalue weighted by atomic mass is 10.1. The molecule has 1 heterocycles. The van der Waals surface area contributed by atoms with Crippen molar-refractivity contribution in [3.8, 4) is 5.69 Å². The maximum Gasteiger partial charge on any atom is 0.280 e. The van der Waals surface area contributed by atoms with E-state index in [9.17, 15) is 21.6 Å². The Kier molecular flexibility index (Phi) is 6.42. The molecule has 170 valence electrons. The summed E-state index contributed by atoms with van der Waals surface area (Å²) < 4.78 is 49.4. The van der Waals surface area contributed by atoms with Gasteiger partial charge >= 0.3 is 0 Å². The van der Waals surface area contributed by atoms with Crippen LogP contribution < -0.4 is 9.27 Å². The maximum atomic E-state index is 12.9. The van der Waals surface area contributed by atoms with Crippen molar-refractivity contribution in [3.63, 3.8) is 0 Å². The number of sulfonamides is 2. The molecule has 0 spiro atoms. The van der Waals surface area contributed by atoms with E-state index < -0.39 is 20.0 Å². The van der Waals surface area contributed by atoms with Gasteiger partial charge in [0, 0.05) is 11.9 Å². The quantitative estimate of drug-likeness (QED) is 0.525. The molecule has 1 N–H and O–H groups in total. The number of para-hydroxylation sites is 1. The van der Waals surface area contributed by atoms with Gasteiger partial charge in [0.2, 0.25) is 20.0 Å². The van der Waals surface area contributed by atoms with E-state index in [1.54, 1.807) is 6.92 Å². The van der Waals surface area contributed by atoms with Crippen LogP contribution in [-0.2, 0) is 26.5 Å². The first kappa shape index (κ1) is 23.5. The van der Waals surface area contributed by atoms with Gasteiger partial charge in [0.05, 0.1) is 35.1 Å². The largest absolute Gasteiger partial charge is 0.295 e. The molecule has 2 aromatic carbocycles. The molecule has 0 aliphatic heterocycles. The summed E-state index contributed by atoms with van der Waals surface area (Å²) >= 11 is 0. The molecule has 0 saturated heterocycles. The highest BCUT2D eigenvalue weighted by molar-refractivity contribution is 8.09. The fourth-order valence-corrected chi connectivity index (χ4v) is 6.29. The average Bonchev–Trinajstić information content (AvgIpc) is 2.98. The number of nitrogens with zero attached hydrogens (tertiary/aromatic N) is 3. The van der Waals surface area contributed by atoms with Gasteiger partial charge in [-0.2, -0.15) is 3.71 Å². The first-order valence-corrected chi connectivity index (χ1v) is 13.4. The molecule has 0 unspecified atom stereocenters. The van der Waals surface area contributed by atoms with Crippen LogP contribution in [0.3, 0.4) is 0 Å². The highest BCUT2D eigenvalue weighted by Gasteiger charge is 2.27. The van der Waals surface area contributed by atoms with Crippen molar-refractivity contribution in [1.82, 2.24) is 9.78 Å². The van der Waals surface area contributed by atoms with E-state index in [0.717, 1.165) is 30.2 Å². The minimum atomic E-state index is -4.05. The molecule has 0 aliphatic rings. The number of benzene rings is 2. The Morgan fingerprint density at radius 3 is 2.16 bits per heavy atom. The minimum absolute atomic E-state index is 0.0481. The molecule has 0 radical (unpaired) electrons. The smallest absolute Gasteiger partial charge is 0.280 e. The van der Waals surface area contributed by atoms with E-state index in [-0.39, 0.29) is 11.2 Å². The van der Waals surface area contributed by atoms with Gasteiger partial charge in [-0.1, -0.05) is 25.1 Å². The number of hydrogen-bond acceptors (Lipinski definition) is 6. The summed E-state index contributed by atoms with van der Waals surface area (Å²) in [5, 5.41) is 2.97. The van der Waals surface area contributed by atoms with Gasteiger partial charge in [0.15, 0.2) is 0 Å². The number of H-pyrrole nitrogens is 1. The van der Waals surface area contributed by atoms with Crippen LogP contribution >= 0.6 is 0 Å². The van der Waals surface area contributed by atoms with Gasteiger partial charge in [0.1, 0.15) is 0 Å². The first-order chi connectivity index (χ1) is 14.9. The fourth-order valence-electron chi connectivity index (χ4n) is 3.32. The molecule has 0 fully saturated rings. The summed E-state index contributed by atoms with van der Waals surface area (Å²) in [5.74, 6) is 0. The summed E-state index contributed by atoms with van der Waals surface area (Å²) in [6.07, 6.45) is 3.95. The second-order valence-corrected chi connectivity index (χ2v) is 11.2. The molecule has 1 aromatic heterocycles. The van der Waals surface area contributed by atoms with E-state index in [1.165, 1.54) is 35.2 Å². The van der Waals surface area contributed by atoms with E-state index in [0.29, 0.717) is 20.7 Å². The number of aromatic nitrogens is 2. The molecule has 0 atom stereocenters. The Bertz CT molecular complexity index is 1400. The zero-order chi connectivity index (χ0) is 23.7. The fraction of sp³-hybridized carbons (Fsp3) is 0.238. The van der Waals surface area contributed by atoms with Crippen LogP contribution in [-0.4, -0.2) is 45.3 Å². The van der Waals surface area contributed by atoms with Gasteiger partial charge < -0.3 is 0 Å². The summed E-state index contributed by atoms with van der Waals surface area (Å²) in [4.78, 5) is 17.4. The summed E-state index contributed by atoms with van der Waals surface area (Å²) in [5.41, 5.74) is 2.86. The normalized spacial score (nSPS) is 12.4. The second kappa shape index (κ2) is 8.75. The van der Waals surface area contributed by atoms with Crippen LogP contribution in [0.15, 0.2) is 58.3 Å². The van der Waals surface area contributed by atoms with E-state index in [2.05, 4.69) is 10.1 Å². The number of aromatic amines is 1. The lowest BCUT2D eigenvalue weighted by Gasteiger charge is -2.19. The lowest BCUT2D eigenvalue weighted by Crippen LogP contribution is -2.35. The summed E-state index contributed by atoms with van der Waals surface area (Å²) in [6.45, 7) is 3.77. The molecule has 32 heavy (non-hydrogen) atoms. The molecular formula is C21H24N4O5S2. The van der Waals surface area contributed by atoms with Crippen molar-refractivity contribution in [2.45, 2.75) is 20.3 Å². The second-order valence-electron chi connectivity index (χ2n) is 7.27. The van der Waals surface area contributed by atoms with E-state index in [1.807, 2.05) is 31.2 Å². The zero-order valence-corrected chi connectivity index (χ0v) is 19.7. The van der Waals surface area contributed by atoms with E-state index in [4.69, 9.17) is 0 Å². The Morgan fingerprint density at radius 1 is 1.00 bits per heavy atom. The number of nitrogens with one attached hydrogen (secondary N) is 1. The maximum absolute atomic E-state index is 12.9. The van der Waals surface area contributed by atoms with Crippen LogP contribution in [0, 0.1) is 6.92 Å². The van der Waals surface area contributed by atoms with Gasteiger partial charge in [-0.25, -0.2) is 21.5 Å². The Morgan fingerprint density at radius 2 is 1.59 bits per heavy atom. The molecule has 3 rings (SSSR count). The third-order valence-corrected chi connectivity index (χ3v) is 7.99. The number of hydrogen-bond donors (Lipinski definition) is 1. The van der Waals surface area contributed by atoms with Gasteiger partial charge in [-0.05, 0) is 49.2 Å². The van der Waals surface area contributed by atoms with Crippen molar-refractivity contribution in [2.24, 2.45) is 4.99 Å². The predicted octanol–water partition coefficient (Wildman–Crippen LogP) is 2.51. The van der Waals surface area contributed by atoms with Crippen LogP contribution in [0.4, 0.5) is 11.4 Å². The molecule has 0 amide bonds. The third-order valence-electron chi connectivity index (χ3n) is 4.74. The van der Waals surface area contributed by atoms with Crippen molar-refractivity contribution in [3.05, 3.63) is 75.7 Å². The number of anilines is 1. The first-order valence-electron chi connectivity index (χ1n) is 9.68. The van der Waals surface area contributed by atoms with Gasteiger partial charge in [-0.15, -0.1) is 0 Å². The summed E-state index contributed by atoms with van der Waals surface area (Å²) in [6, 6.07) is 13.2. The standard InChI is InChI=1S/C21H24N4O5S2/c1-5-16-8-6-7-9-20(16)22-14-19-15(2)23-24(21(19)26)17-10-12-18(13-11-17)25(31(3,27)28)32(4,29)30/h6-14,23H,5H2,1-4H3. The molecule has 9 nitrogen and oxygen atoms in total. The minimum Gasteiger partial charge on any atom is -0.295 e. The monoisotopic (exact) mass is 476 g/mol. The molecular weight excluding hydrogens is 452 g/mol. The third kappa shape index (κ3) is 4.83. The highest BCUT2D eigenvalue weighted by Crippen LogP contribution is 2.23. The number of aryl methyl sites for hydroxylation is 2. The topological polar surface area (TPSA) is 122 Å². The van der Waals surface area contributed by atoms with Gasteiger partial charge in [-0.3, -0.25) is 14.9 Å². The zero-order valence-electron chi connectivity index (χ0n) is 18.1. The Balaban J connectivity index is 1.99. The van der Waals surface area contributed by atoms with Crippen molar-refractivity contribution < 1.29 is 16.8 Å². The number of rotatable bonds is 7. The average molecular weight is 477 g/mol. The Labute approximate surface area is 187 Å². The summed E-state index contributed by atoms with van der Waals surface area (Å²) in [7, 11) is -8.10.